The molecule has 3 heterocycles. The molecular weight excluding hydrogens is 598 g/mol. The second kappa shape index (κ2) is 12.1. The number of aromatic nitrogens is 2. The molecule has 15 heteroatoms. The zero-order valence-corrected chi connectivity index (χ0v) is 24.1. The van der Waals surface area contributed by atoms with Crippen LogP contribution in [0, 0.1) is 0 Å². The van der Waals surface area contributed by atoms with E-state index < -0.39 is 18.2 Å². The summed E-state index contributed by atoms with van der Waals surface area (Å²) in [4.78, 5) is 26.9. The van der Waals surface area contributed by atoms with Crippen LogP contribution in [0.15, 0.2) is 42.6 Å². The number of benzene rings is 2. The highest BCUT2D eigenvalue weighted by atomic mass is 35.5. The van der Waals surface area contributed by atoms with Crippen molar-refractivity contribution in [2.45, 2.75) is 18.3 Å². The molecule has 1 unspecified atom stereocenters. The number of alkyl halides is 3. The first kappa shape index (κ1) is 30.1. The third-order valence-corrected chi connectivity index (χ3v) is 7.63. The van der Waals surface area contributed by atoms with Gasteiger partial charge in [-0.2, -0.15) is 18.2 Å². The van der Waals surface area contributed by atoms with Crippen molar-refractivity contribution in [1.29, 1.82) is 0 Å². The van der Waals surface area contributed by atoms with Crippen LogP contribution in [0.4, 0.5) is 42.0 Å². The normalized spacial score (nSPS) is 18.2. The highest BCUT2D eigenvalue weighted by molar-refractivity contribution is 6.40. The third kappa shape index (κ3) is 6.06. The summed E-state index contributed by atoms with van der Waals surface area (Å²) in [5, 5.41) is 17.1. The minimum absolute atomic E-state index is 0.0557. The van der Waals surface area contributed by atoms with Crippen LogP contribution in [0.3, 0.4) is 0 Å². The Morgan fingerprint density at radius 1 is 1.24 bits per heavy atom. The zero-order chi connectivity index (χ0) is 30.2. The molecule has 1 aromatic heterocycles. The number of nitrogens with one attached hydrogen (secondary N) is 2. The molecule has 3 N–H and O–H groups in total. The fourth-order valence-corrected chi connectivity index (χ4v) is 5.69. The molecule has 224 valence electrons. The number of para-hydroxylation sites is 1. The number of amides is 1. The highest BCUT2D eigenvalue weighted by Crippen LogP contribution is 2.40. The van der Waals surface area contributed by atoms with Crippen molar-refractivity contribution in [3.8, 4) is 0 Å². The molecule has 0 aliphatic carbocycles. The maximum Gasteiger partial charge on any atom is 0.418 e. The second-order valence-electron chi connectivity index (χ2n) is 9.97. The SMILES string of the molecule is COC[C@H]1CN(c2ccc(Nc3ncc4c(n3)N(C)CN(c3c(Cl)cccc3Cl)C4=O)cc2C(O)C(F)(F)F)CCN1. The van der Waals surface area contributed by atoms with Crippen molar-refractivity contribution < 1.29 is 27.8 Å². The van der Waals surface area contributed by atoms with Gasteiger partial charge < -0.3 is 30.3 Å². The molecule has 2 aliphatic heterocycles. The molecule has 1 fully saturated rings. The van der Waals surface area contributed by atoms with E-state index in [2.05, 4.69) is 20.6 Å². The number of nitrogens with zero attached hydrogens (tertiary/aromatic N) is 5. The van der Waals surface area contributed by atoms with Gasteiger partial charge in [-0.3, -0.25) is 9.69 Å². The molecule has 1 saturated heterocycles. The molecule has 10 nitrogen and oxygen atoms in total. The van der Waals surface area contributed by atoms with E-state index in [0.29, 0.717) is 47.8 Å². The molecule has 0 bridgehead atoms. The van der Waals surface area contributed by atoms with Crippen LogP contribution in [-0.2, 0) is 4.74 Å². The van der Waals surface area contributed by atoms with Crippen LogP contribution in [0.25, 0.3) is 0 Å². The average Bonchev–Trinajstić information content (AvgIpc) is 2.95. The number of aliphatic hydroxyl groups excluding tert-OH is 1. The zero-order valence-electron chi connectivity index (χ0n) is 22.6. The molecule has 5 rings (SSSR count). The minimum atomic E-state index is -4.88. The van der Waals surface area contributed by atoms with Gasteiger partial charge in [-0.05, 0) is 30.3 Å². The molecule has 2 aliphatic rings. The van der Waals surface area contributed by atoms with Crippen LogP contribution in [-0.4, -0.2) is 80.3 Å². The minimum Gasteiger partial charge on any atom is -0.383 e. The molecule has 1 amide bonds. The molecule has 2 atom stereocenters. The van der Waals surface area contributed by atoms with Gasteiger partial charge in [0.15, 0.2) is 6.10 Å². The summed E-state index contributed by atoms with van der Waals surface area (Å²) >= 11 is 12.7. The number of aliphatic hydroxyl groups is 1. The van der Waals surface area contributed by atoms with Crippen molar-refractivity contribution in [3.05, 3.63) is 63.8 Å². The Bertz CT molecular complexity index is 1460. The summed E-state index contributed by atoms with van der Waals surface area (Å²) in [6, 6.07) is 9.21. The van der Waals surface area contributed by atoms with Crippen molar-refractivity contribution in [1.82, 2.24) is 15.3 Å². The fourth-order valence-electron chi connectivity index (χ4n) is 5.08. The summed E-state index contributed by atoms with van der Waals surface area (Å²) in [5.41, 5.74) is 0.749. The monoisotopic (exact) mass is 625 g/mol. The number of hydrogen-bond donors (Lipinski definition) is 3. The second-order valence-corrected chi connectivity index (χ2v) is 10.8. The Labute approximate surface area is 250 Å². The van der Waals surface area contributed by atoms with E-state index >= 15 is 0 Å². The average molecular weight is 626 g/mol. The highest BCUT2D eigenvalue weighted by Gasteiger charge is 2.41. The summed E-state index contributed by atoms with van der Waals surface area (Å²) in [7, 11) is 3.28. The summed E-state index contributed by atoms with van der Waals surface area (Å²) in [6.45, 7) is 1.89. The number of ether oxygens (including phenoxy) is 1. The van der Waals surface area contributed by atoms with E-state index in [1.165, 1.54) is 23.2 Å². The summed E-state index contributed by atoms with van der Waals surface area (Å²) in [6.07, 6.45) is -6.26. The van der Waals surface area contributed by atoms with Crippen LogP contribution >= 0.6 is 23.2 Å². The maximum absolute atomic E-state index is 13.7. The van der Waals surface area contributed by atoms with E-state index in [-0.39, 0.29) is 41.2 Å². The van der Waals surface area contributed by atoms with Gasteiger partial charge in [-0.1, -0.05) is 29.3 Å². The summed E-state index contributed by atoms with van der Waals surface area (Å²) in [5.74, 6) is -0.0401. The largest absolute Gasteiger partial charge is 0.418 e. The lowest BCUT2D eigenvalue weighted by molar-refractivity contribution is -0.206. The number of fused-ring (bicyclic) bond motifs is 1. The van der Waals surface area contributed by atoms with Crippen LogP contribution in [0.1, 0.15) is 22.0 Å². The van der Waals surface area contributed by atoms with Gasteiger partial charge in [0.05, 0.1) is 29.0 Å². The number of halogens is 5. The third-order valence-electron chi connectivity index (χ3n) is 7.02. The van der Waals surface area contributed by atoms with E-state index in [4.69, 9.17) is 27.9 Å². The van der Waals surface area contributed by atoms with Crippen molar-refractivity contribution in [2.24, 2.45) is 0 Å². The van der Waals surface area contributed by atoms with Gasteiger partial charge >= 0.3 is 6.18 Å². The van der Waals surface area contributed by atoms with Gasteiger partial charge in [0.1, 0.15) is 11.4 Å². The van der Waals surface area contributed by atoms with Crippen LogP contribution in [0.5, 0.6) is 0 Å². The smallest absolute Gasteiger partial charge is 0.383 e. The van der Waals surface area contributed by atoms with Crippen LogP contribution < -0.4 is 25.3 Å². The fraction of sp³-hybridized carbons (Fsp3) is 0.370. The van der Waals surface area contributed by atoms with Crippen molar-refractivity contribution in [3.63, 3.8) is 0 Å². The van der Waals surface area contributed by atoms with E-state index in [1.54, 1.807) is 48.2 Å². The first-order chi connectivity index (χ1) is 20.0. The Morgan fingerprint density at radius 2 is 1.98 bits per heavy atom. The van der Waals surface area contributed by atoms with Crippen molar-refractivity contribution in [2.75, 3.05) is 67.1 Å². The first-order valence-electron chi connectivity index (χ1n) is 12.9. The van der Waals surface area contributed by atoms with E-state index in [0.717, 1.165) is 0 Å². The summed E-state index contributed by atoms with van der Waals surface area (Å²) < 4.78 is 46.3. The van der Waals surface area contributed by atoms with E-state index in [1.807, 2.05) is 0 Å². The molecule has 3 aromatic rings. The number of carbonyl (C=O) groups excluding carboxylic acids is 1. The van der Waals surface area contributed by atoms with E-state index in [9.17, 15) is 23.1 Å². The Balaban J connectivity index is 1.43. The predicted molar refractivity (Wildman–Crippen MR) is 155 cm³/mol. The first-order valence-corrected chi connectivity index (χ1v) is 13.7. The molecule has 0 radical (unpaired) electrons. The van der Waals surface area contributed by atoms with Gasteiger partial charge in [0, 0.05) is 63.0 Å². The Morgan fingerprint density at radius 3 is 2.67 bits per heavy atom. The Kier molecular flexibility index (Phi) is 8.67. The predicted octanol–water partition coefficient (Wildman–Crippen LogP) is 4.60. The maximum atomic E-state index is 13.7. The lowest BCUT2D eigenvalue weighted by Gasteiger charge is -2.37. The quantitative estimate of drug-likeness (QED) is 0.347. The number of hydrogen-bond acceptors (Lipinski definition) is 9. The van der Waals surface area contributed by atoms with Crippen LogP contribution in [0.2, 0.25) is 10.0 Å². The lowest BCUT2D eigenvalue weighted by atomic mass is 10.0. The number of rotatable bonds is 7. The lowest BCUT2D eigenvalue weighted by Crippen LogP contribution is -2.53. The Hall–Kier alpha value is -3.36. The van der Waals surface area contributed by atoms with Gasteiger partial charge in [0.25, 0.3) is 5.91 Å². The number of methoxy groups -OCH3 is 1. The van der Waals surface area contributed by atoms with Crippen molar-refractivity contribution >= 4 is 57.9 Å². The molecule has 0 saturated carbocycles. The van der Waals surface area contributed by atoms with Gasteiger partial charge in [-0.15, -0.1) is 0 Å². The number of carbonyl (C=O) groups is 1. The van der Waals surface area contributed by atoms with Gasteiger partial charge in [0.2, 0.25) is 5.95 Å². The standard InChI is InChI=1S/C27H28Cl2F3N7O3/c1-37-14-39(22-19(28)4-3-5-20(22)29)25(41)18-11-34-26(36-24(18)37)35-15-6-7-21(17(10-15)23(40)27(30,31)32)38-9-8-33-16(12-38)13-42-2/h3-7,10-11,16,23,33,40H,8-9,12-14H2,1-2H3,(H,34,35,36)/t16-,23?/m1/s1. The molecule has 42 heavy (non-hydrogen) atoms. The van der Waals surface area contributed by atoms with Gasteiger partial charge in [-0.25, -0.2) is 4.98 Å². The number of anilines is 5. The molecule has 0 spiro atoms. The molecular formula is C27H28Cl2F3N7O3. The molecule has 2 aromatic carbocycles. The topological polar surface area (TPSA) is 106 Å². The number of piperazine rings is 1.